The highest BCUT2D eigenvalue weighted by atomic mass is 16.5. The molecule has 2 rings (SSSR count). The molecule has 0 aliphatic carbocycles. The molecule has 2 unspecified atom stereocenters. The number of hydrogen-bond donors (Lipinski definition) is 1. The largest absolute Gasteiger partial charge is 0.496 e. The van der Waals surface area contributed by atoms with Gasteiger partial charge in [0.25, 0.3) is 0 Å². The highest BCUT2D eigenvalue weighted by molar-refractivity contribution is 5.33. The summed E-state index contributed by atoms with van der Waals surface area (Å²) >= 11 is 0. The van der Waals surface area contributed by atoms with Gasteiger partial charge in [0, 0.05) is 37.2 Å². The molecule has 1 fully saturated rings. The molecule has 1 aromatic carbocycles. The summed E-state index contributed by atoms with van der Waals surface area (Å²) in [6.07, 6.45) is 1.11. The molecule has 19 heavy (non-hydrogen) atoms. The zero-order valence-corrected chi connectivity index (χ0v) is 11.8. The van der Waals surface area contributed by atoms with Crippen LogP contribution in [0.5, 0.6) is 5.75 Å². The number of hydrogen-bond acceptors (Lipinski definition) is 4. The van der Waals surface area contributed by atoms with Gasteiger partial charge < -0.3 is 15.2 Å². The number of methoxy groups -OCH3 is 1. The van der Waals surface area contributed by atoms with Crippen LogP contribution in [0.4, 0.5) is 0 Å². The average Bonchev–Trinajstić information content (AvgIpc) is 2.94. The van der Waals surface area contributed by atoms with Crippen molar-refractivity contribution in [2.45, 2.75) is 19.0 Å². The van der Waals surface area contributed by atoms with Crippen molar-refractivity contribution in [1.82, 2.24) is 4.90 Å². The second-order valence-corrected chi connectivity index (χ2v) is 5.15. The van der Waals surface area contributed by atoms with Crippen LogP contribution in [0, 0.1) is 5.92 Å². The lowest BCUT2D eigenvalue weighted by atomic mass is 9.97. The van der Waals surface area contributed by atoms with Gasteiger partial charge in [-0.2, -0.15) is 0 Å². The smallest absolute Gasteiger partial charge is 0.123 e. The normalized spacial score (nSPS) is 20.7. The van der Waals surface area contributed by atoms with Crippen LogP contribution in [0.15, 0.2) is 24.3 Å². The Morgan fingerprint density at radius 3 is 2.89 bits per heavy atom. The van der Waals surface area contributed by atoms with E-state index >= 15 is 0 Å². The fourth-order valence-electron chi connectivity index (χ4n) is 2.81. The Labute approximate surface area is 115 Å². The van der Waals surface area contributed by atoms with E-state index in [0.29, 0.717) is 18.5 Å². The first-order valence-electron chi connectivity index (χ1n) is 6.86. The predicted octanol–water partition coefficient (Wildman–Crippen LogP) is 1.49. The Morgan fingerprint density at radius 1 is 1.47 bits per heavy atom. The second-order valence-electron chi connectivity index (χ2n) is 5.15. The number of nitrogens with zero attached hydrogens (tertiary/aromatic N) is 1. The number of para-hydroxylation sites is 1. The fraction of sp³-hybridized carbons (Fsp3) is 0.600. The molecule has 2 N–H and O–H groups in total. The maximum atomic E-state index is 5.95. The van der Waals surface area contributed by atoms with Crippen LogP contribution < -0.4 is 10.5 Å². The van der Waals surface area contributed by atoms with Crippen molar-refractivity contribution in [3.8, 4) is 5.75 Å². The third-order valence-corrected chi connectivity index (χ3v) is 3.93. The van der Waals surface area contributed by atoms with Gasteiger partial charge in [-0.1, -0.05) is 18.2 Å². The molecule has 0 radical (unpaired) electrons. The zero-order valence-electron chi connectivity index (χ0n) is 11.8. The summed E-state index contributed by atoms with van der Waals surface area (Å²) in [6.45, 7) is 3.21. The van der Waals surface area contributed by atoms with Crippen LogP contribution in [0.1, 0.15) is 12.0 Å². The quantitative estimate of drug-likeness (QED) is 0.845. The molecule has 1 saturated heterocycles. The van der Waals surface area contributed by atoms with Crippen molar-refractivity contribution >= 4 is 0 Å². The summed E-state index contributed by atoms with van der Waals surface area (Å²) in [7, 11) is 3.84. The van der Waals surface area contributed by atoms with E-state index < -0.39 is 0 Å². The van der Waals surface area contributed by atoms with Crippen molar-refractivity contribution in [2.24, 2.45) is 11.7 Å². The minimum atomic E-state index is 0.368. The molecular formula is C15H24N2O2. The maximum absolute atomic E-state index is 5.95. The average molecular weight is 264 g/mol. The molecule has 1 aliphatic heterocycles. The molecule has 1 heterocycles. The van der Waals surface area contributed by atoms with Gasteiger partial charge in [-0.05, 0) is 19.5 Å². The van der Waals surface area contributed by atoms with Gasteiger partial charge in [-0.25, -0.2) is 0 Å². The summed E-state index contributed by atoms with van der Waals surface area (Å²) in [5.41, 5.74) is 7.15. The minimum absolute atomic E-state index is 0.368. The number of benzene rings is 1. The van der Waals surface area contributed by atoms with Crippen LogP contribution >= 0.6 is 0 Å². The molecular weight excluding hydrogens is 240 g/mol. The van der Waals surface area contributed by atoms with Gasteiger partial charge in [0.05, 0.1) is 13.7 Å². The Balaban J connectivity index is 2.03. The van der Waals surface area contributed by atoms with Crippen LogP contribution in [0.3, 0.4) is 0 Å². The van der Waals surface area contributed by atoms with E-state index in [2.05, 4.69) is 18.0 Å². The zero-order chi connectivity index (χ0) is 13.7. The van der Waals surface area contributed by atoms with Gasteiger partial charge in [-0.15, -0.1) is 0 Å². The molecule has 4 heteroatoms. The highest BCUT2D eigenvalue weighted by Crippen LogP contribution is 2.24. The van der Waals surface area contributed by atoms with Crippen molar-refractivity contribution in [3.63, 3.8) is 0 Å². The number of nitrogens with two attached hydrogens (primary N) is 1. The first-order valence-corrected chi connectivity index (χ1v) is 6.86. The first-order chi connectivity index (χ1) is 9.26. The van der Waals surface area contributed by atoms with Gasteiger partial charge in [0.15, 0.2) is 0 Å². The van der Waals surface area contributed by atoms with Crippen LogP contribution in [-0.4, -0.2) is 44.9 Å². The van der Waals surface area contributed by atoms with E-state index in [4.69, 9.17) is 15.2 Å². The molecule has 4 nitrogen and oxygen atoms in total. The Bertz CT molecular complexity index is 391. The van der Waals surface area contributed by atoms with Crippen LogP contribution in [-0.2, 0) is 11.3 Å². The predicted molar refractivity (Wildman–Crippen MR) is 76.2 cm³/mol. The molecule has 0 amide bonds. The summed E-state index contributed by atoms with van der Waals surface area (Å²) in [5, 5.41) is 0. The number of rotatable bonds is 6. The Kier molecular flexibility index (Phi) is 5.19. The summed E-state index contributed by atoms with van der Waals surface area (Å²) in [6, 6.07) is 8.51. The van der Waals surface area contributed by atoms with Gasteiger partial charge in [0.2, 0.25) is 0 Å². The summed E-state index contributed by atoms with van der Waals surface area (Å²) in [4.78, 5) is 2.32. The standard InChI is InChI=1S/C15H24N2O2/c1-17(14(9-16)13-7-8-19-11-13)10-12-5-3-4-6-15(12)18-2/h3-6,13-14H,7-11,16H2,1-2H3. The molecule has 106 valence electrons. The van der Waals surface area contributed by atoms with Gasteiger partial charge >= 0.3 is 0 Å². The van der Waals surface area contributed by atoms with Crippen molar-refractivity contribution in [3.05, 3.63) is 29.8 Å². The lowest BCUT2D eigenvalue weighted by molar-refractivity contribution is 0.136. The Morgan fingerprint density at radius 2 is 2.26 bits per heavy atom. The van der Waals surface area contributed by atoms with E-state index in [1.54, 1.807) is 7.11 Å². The third-order valence-electron chi connectivity index (χ3n) is 3.93. The summed E-state index contributed by atoms with van der Waals surface area (Å²) < 4.78 is 10.9. The monoisotopic (exact) mass is 264 g/mol. The van der Waals surface area contributed by atoms with E-state index in [-0.39, 0.29) is 0 Å². The topological polar surface area (TPSA) is 47.7 Å². The van der Waals surface area contributed by atoms with Gasteiger partial charge in [0.1, 0.15) is 5.75 Å². The van der Waals surface area contributed by atoms with E-state index in [1.165, 1.54) is 5.56 Å². The lowest BCUT2D eigenvalue weighted by Crippen LogP contribution is -2.43. The minimum Gasteiger partial charge on any atom is -0.496 e. The van der Waals surface area contributed by atoms with E-state index in [9.17, 15) is 0 Å². The maximum Gasteiger partial charge on any atom is 0.123 e. The van der Waals surface area contributed by atoms with Crippen LogP contribution in [0.2, 0.25) is 0 Å². The molecule has 0 spiro atoms. The lowest BCUT2D eigenvalue weighted by Gasteiger charge is -2.31. The number of ether oxygens (including phenoxy) is 2. The van der Waals surface area contributed by atoms with Crippen molar-refractivity contribution < 1.29 is 9.47 Å². The highest BCUT2D eigenvalue weighted by Gasteiger charge is 2.28. The molecule has 1 aromatic rings. The Hall–Kier alpha value is -1.10. The van der Waals surface area contributed by atoms with Crippen molar-refractivity contribution in [1.29, 1.82) is 0 Å². The second kappa shape index (κ2) is 6.89. The first kappa shape index (κ1) is 14.3. The van der Waals surface area contributed by atoms with Crippen LogP contribution in [0.25, 0.3) is 0 Å². The van der Waals surface area contributed by atoms with E-state index in [0.717, 1.165) is 31.9 Å². The molecule has 2 atom stereocenters. The number of likely N-dealkylation sites (N-methyl/N-ethyl adjacent to an activating group) is 1. The SMILES string of the molecule is COc1ccccc1CN(C)C(CN)C1CCOC1. The molecule has 1 aliphatic rings. The summed E-state index contributed by atoms with van der Waals surface area (Å²) in [5.74, 6) is 1.48. The third kappa shape index (κ3) is 3.47. The molecule has 0 bridgehead atoms. The van der Waals surface area contributed by atoms with Crippen molar-refractivity contribution in [2.75, 3.05) is 33.9 Å². The fourth-order valence-corrected chi connectivity index (χ4v) is 2.81. The van der Waals surface area contributed by atoms with E-state index in [1.807, 2.05) is 18.2 Å². The van der Waals surface area contributed by atoms with Gasteiger partial charge in [-0.3, -0.25) is 4.90 Å². The molecule has 0 aromatic heterocycles. The molecule has 0 saturated carbocycles.